The Morgan fingerprint density at radius 1 is 0.812 bits per heavy atom. The number of aromatic carboxylic acids is 1. The molecule has 2 saturated heterocycles. The van der Waals surface area contributed by atoms with Crippen LogP contribution in [0, 0.1) is 0 Å². The highest BCUT2D eigenvalue weighted by Crippen LogP contribution is 2.41. The molecule has 2 fully saturated rings. The van der Waals surface area contributed by atoms with Crippen LogP contribution in [0.3, 0.4) is 0 Å². The molecule has 164 valence electrons. The molecule has 0 aromatic heterocycles. The molecule has 0 amide bonds. The van der Waals surface area contributed by atoms with Gasteiger partial charge in [0, 0.05) is 36.0 Å². The largest absolute Gasteiger partial charge is 0.478 e. The van der Waals surface area contributed by atoms with Crippen LogP contribution in [-0.4, -0.2) is 40.6 Å². The molecule has 2 heterocycles. The summed E-state index contributed by atoms with van der Waals surface area (Å²) in [6.45, 7) is 1.13. The molecular formula is C28H30N2O2. The van der Waals surface area contributed by atoms with E-state index in [1.165, 1.54) is 24.1 Å². The van der Waals surface area contributed by atoms with E-state index in [-0.39, 0.29) is 0 Å². The third-order valence-electron chi connectivity index (χ3n) is 7.15. The number of hydrogen-bond donors (Lipinski definition) is 1. The van der Waals surface area contributed by atoms with Gasteiger partial charge < -0.3 is 10.0 Å². The van der Waals surface area contributed by atoms with Crippen molar-refractivity contribution >= 4 is 17.3 Å². The number of rotatable bonds is 7. The second-order valence-corrected chi connectivity index (χ2v) is 9.04. The highest BCUT2D eigenvalue weighted by atomic mass is 16.4. The molecule has 2 aliphatic rings. The quantitative estimate of drug-likeness (QED) is 0.522. The molecule has 0 spiro atoms. The molecule has 0 aliphatic carbocycles. The molecule has 2 bridgehead atoms. The van der Waals surface area contributed by atoms with Gasteiger partial charge in [0.25, 0.3) is 0 Å². The van der Waals surface area contributed by atoms with E-state index in [1.807, 2.05) is 18.2 Å². The molecule has 2 unspecified atom stereocenters. The van der Waals surface area contributed by atoms with Crippen molar-refractivity contribution in [1.29, 1.82) is 0 Å². The van der Waals surface area contributed by atoms with Gasteiger partial charge in [-0.15, -0.1) is 0 Å². The highest BCUT2D eigenvalue weighted by molar-refractivity contribution is 5.88. The maximum atomic E-state index is 11.3. The van der Waals surface area contributed by atoms with E-state index in [0.717, 1.165) is 31.5 Å². The summed E-state index contributed by atoms with van der Waals surface area (Å²) in [7, 11) is 0. The van der Waals surface area contributed by atoms with Crippen LogP contribution in [0.15, 0.2) is 84.9 Å². The Hall–Kier alpha value is -3.11. The molecule has 0 radical (unpaired) electrons. The molecule has 3 aromatic rings. The molecule has 2 atom stereocenters. The van der Waals surface area contributed by atoms with Crippen molar-refractivity contribution < 1.29 is 9.90 Å². The number of carboxylic acids is 1. The predicted octanol–water partition coefficient (Wildman–Crippen LogP) is 5.76. The summed E-state index contributed by atoms with van der Waals surface area (Å²) in [4.78, 5) is 16.5. The van der Waals surface area contributed by atoms with Crippen LogP contribution < -0.4 is 4.90 Å². The van der Waals surface area contributed by atoms with E-state index in [4.69, 9.17) is 0 Å². The third kappa shape index (κ3) is 4.28. The van der Waals surface area contributed by atoms with Crippen molar-refractivity contribution in [2.45, 2.75) is 50.2 Å². The summed E-state index contributed by atoms with van der Waals surface area (Å²) >= 11 is 0. The van der Waals surface area contributed by atoms with Crippen molar-refractivity contribution in [1.82, 2.24) is 4.90 Å². The molecule has 32 heavy (non-hydrogen) atoms. The molecule has 4 nitrogen and oxygen atoms in total. The summed E-state index contributed by atoms with van der Waals surface area (Å²) in [5.74, 6) is -0.882. The first-order chi connectivity index (χ1) is 15.7. The lowest BCUT2D eigenvalue weighted by Crippen LogP contribution is -2.50. The minimum absolute atomic E-state index is 0.331. The Labute approximate surface area is 190 Å². The van der Waals surface area contributed by atoms with E-state index >= 15 is 0 Å². The van der Waals surface area contributed by atoms with Crippen LogP contribution in [-0.2, 0) is 6.42 Å². The van der Waals surface area contributed by atoms with Crippen LogP contribution in [0.1, 0.15) is 41.6 Å². The van der Waals surface area contributed by atoms with Gasteiger partial charge >= 0.3 is 5.97 Å². The first-order valence-corrected chi connectivity index (χ1v) is 11.7. The van der Waals surface area contributed by atoms with E-state index in [0.29, 0.717) is 23.7 Å². The average Bonchev–Trinajstić information content (AvgIpc) is 3.07. The van der Waals surface area contributed by atoms with Gasteiger partial charge in [-0.1, -0.05) is 48.5 Å². The number of fused-ring (bicyclic) bond motifs is 2. The Bertz CT molecular complexity index is 1020. The lowest BCUT2D eigenvalue weighted by molar-refractivity contribution is 0.0697. The van der Waals surface area contributed by atoms with Gasteiger partial charge in [0.1, 0.15) is 0 Å². The average molecular weight is 427 g/mol. The van der Waals surface area contributed by atoms with Crippen LogP contribution >= 0.6 is 0 Å². The van der Waals surface area contributed by atoms with Gasteiger partial charge in [-0.25, -0.2) is 4.79 Å². The standard InChI is InChI=1S/C28H30N2O2/c31-28(32)22-11-13-24(14-12-22)30(23-9-5-2-6-10-23)27-19-25-15-16-26(20-27)29(25)18-17-21-7-3-1-4-8-21/h1-14,25-27H,15-20H2,(H,31,32). The first kappa shape index (κ1) is 20.8. The van der Waals surface area contributed by atoms with Crippen LogP contribution in [0.25, 0.3) is 0 Å². The predicted molar refractivity (Wildman–Crippen MR) is 129 cm³/mol. The summed E-state index contributed by atoms with van der Waals surface area (Å²) in [5, 5.41) is 9.30. The van der Waals surface area contributed by atoms with Gasteiger partial charge in [-0.05, 0) is 74.1 Å². The Kier molecular flexibility index (Phi) is 5.95. The van der Waals surface area contributed by atoms with Gasteiger partial charge in [0.2, 0.25) is 0 Å². The minimum atomic E-state index is -0.882. The topological polar surface area (TPSA) is 43.8 Å². The van der Waals surface area contributed by atoms with Gasteiger partial charge in [-0.3, -0.25) is 4.90 Å². The number of nitrogens with zero attached hydrogens (tertiary/aromatic N) is 2. The van der Waals surface area contributed by atoms with E-state index in [1.54, 1.807) is 12.1 Å². The third-order valence-corrected chi connectivity index (χ3v) is 7.15. The maximum absolute atomic E-state index is 11.3. The Morgan fingerprint density at radius 2 is 1.38 bits per heavy atom. The van der Waals surface area contributed by atoms with E-state index in [2.05, 4.69) is 64.4 Å². The summed E-state index contributed by atoms with van der Waals surface area (Å²) in [6.07, 6.45) is 5.94. The monoisotopic (exact) mass is 426 g/mol. The smallest absolute Gasteiger partial charge is 0.335 e. The number of benzene rings is 3. The van der Waals surface area contributed by atoms with Crippen molar-refractivity contribution in [3.05, 3.63) is 96.1 Å². The maximum Gasteiger partial charge on any atom is 0.335 e. The normalized spacial score (nSPS) is 22.6. The lowest BCUT2D eigenvalue weighted by atomic mass is 9.94. The molecule has 0 saturated carbocycles. The van der Waals surface area contributed by atoms with Crippen LogP contribution in [0.4, 0.5) is 11.4 Å². The van der Waals surface area contributed by atoms with E-state index < -0.39 is 5.97 Å². The Morgan fingerprint density at radius 3 is 1.97 bits per heavy atom. The van der Waals surface area contributed by atoms with Crippen molar-refractivity contribution in [3.8, 4) is 0 Å². The van der Waals surface area contributed by atoms with Gasteiger partial charge in [0.05, 0.1) is 5.56 Å². The molecule has 2 aliphatic heterocycles. The SMILES string of the molecule is O=C(O)c1ccc(N(c2ccccc2)C2CC3CCC(C2)N3CCc2ccccc2)cc1. The van der Waals surface area contributed by atoms with Gasteiger partial charge in [-0.2, -0.15) is 0 Å². The first-order valence-electron chi connectivity index (χ1n) is 11.7. The number of carbonyl (C=O) groups is 1. The zero-order valence-electron chi connectivity index (χ0n) is 18.3. The molecule has 4 heteroatoms. The number of para-hydroxylation sites is 1. The van der Waals surface area contributed by atoms with Crippen molar-refractivity contribution in [3.63, 3.8) is 0 Å². The van der Waals surface area contributed by atoms with Gasteiger partial charge in [0.15, 0.2) is 0 Å². The molecule has 1 N–H and O–H groups in total. The molecular weight excluding hydrogens is 396 g/mol. The highest BCUT2D eigenvalue weighted by Gasteiger charge is 2.42. The van der Waals surface area contributed by atoms with Crippen LogP contribution in [0.5, 0.6) is 0 Å². The summed E-state index contributed by atoms with van der Waals surface area (Å²) < 4.78 is 0. The fourth-order valence-electron chi connectivity index (χ4n) is 5.65. The zero-order chi connectivity index (χ0) is 21.9. The fourth-order valence-corrected chi connectivity index (χ4v) is 5.65. The van der Waals surface area contributed by atoms with Crippen LogP contribution in [0.2, 0.25) is 0 Å². The van der Waals surface area contributed by atoms with E-state index in [9.17, 15) is 9.90 Å². The number of piperidine rings is 1. The molecule has 5 rings (SSSR count). The van der Waals surface area contributed by atoms with Crippen molar-refractivity contribution in [2.24, 2.45) is 0 Å². The summed E-state index contributed by atoms with van der Waals surface area (Å²) in [5.41, 5.74) is 4.00. The molecule has 3 aromatic carbocycles. The second kappa shape index (κ2) is 9.17. The summed E-state index contributed by atoms with van der Waals surface area (Å²) in [6, 6.07) is 30.3. The lowest BCUT2D eigenvalue weighted by Gasteiger charge is -2.44. The number of anilines is 2. The number of carboxylic acid groups (broad SMARTS) is 1. The second-order valence-electron chi connectivity index (χ2n) is 9.04. The fraction of sp³-hybridized carbons (Fsp3) is 0.321. The zero-order valence-corrected chi connectivity index (χ0v) is 18.3. The Balaban J connectivity index is 1.36. The number of hydrogen-bond acceptors (Lipinski definition) is 3. The van der Waals surface area contributed by atoms with Crippen molar-refractivity contribution in [2.75, 3.05) is 11.4 Å². The minimum Gasteiger partial charge on any atom is -0.478 e.